The molecular weight excluding hydrogens is 1380 g/mol. The highest BCUT2D eigenvalue weighted by molar-refractivity contribution is 6.25. The third-order valence-corrected chi connectivity index (χ3v) is 17.5. The van der Waals surface area contributed by atoms with Gasteiger partial charge in [-0.1, -0.05) is 6.07 Å². The van der Waals surface area contributed by atoms with Gasteiger partial charge in [0, 0.05) is 89.6 Å². The van der Waals surface area contributed by atoms with Gasteiger partial charge in [0.2, 0.25) is 46.7 Å². The van der Waals surface area contributed by atoms with E-state index in [0.717, 1.165) is 4.90 Å². The molecular formula is C71H93N17O18. The molecule has 10 amide bonds. The Morgan fingerprint density at radius 1 is 0.575 bits per heavy atom. The van der Waals surface area contributed by atoms with E-state index < -0.39 is 65.3 Å². The Morgan fingerprint density at radius 3 is 1.51 bits per heavy atom. The largest absolute Gasteiger partial charge is 0.382 e. The van der Waals surface area contributed by atoms with E-state index in [2.05, 4.69) is 41.4 Å². The van der Waals surface area contributed by atoms with Crippen LogP contribution in [0.4, 0.5) is 5.69 Å². The molecule has 0 saturated carbocycles. The molecule has 1 saturated heterocycles. The van der Waals surface area contributed by atoms with E-state index in [4.69, 9.17) is 49.4 Å². The number of imidazole rings is 2. The number of nitrogens with zero attached hydrogens (tertiary/aromatic N) is 11. The Bertz CT molecular complexity index is 4310. The number of carbonyl (C=O) groups excluding carboxylic acids is 10. The maximum Gasteiger partial charge on any atom is 0.298 e. The number of carbonyl (C=O) groups is 10. The van der Waals surface area contributed by atoms with Crippen LogP contribution in [0.25, 0.3) is 22.1 Å². The lowest BCUT2D eigenvalue weighted by Gasteiger charge is -2.27. The Hall–Kier alpha value is -10.4. The average Bonchev–Trinajstić information content (AvgIpc) is 1.62. The smallest absolute Gasteiger partial charge is 0.298 e. The van der Waals surface area contributed by atoms with E-state index in [1.165, 1.54) is 6.07 Å². The summed E-state index contributed by atoms with van der Waals surface area (Å²) in [5.41, 5.74) is 17.6. The Labute approximate surface area is 609 Å². The minimum absolute atomic E-state index is 0.0356. The molecule has 7 aromatic rings. The first-order chi connectivity index (χ1) is 51.2. The van der Waals surface area contributed by atoms with Gasteiger partial charge in [-0.05, 0) is 108 Å². The second-order valence-corrected chi connectivity index (χ2v) is 24.8. The number of rotatable bonds is 44. The summed E-state index contributed by atoms with van der Waals surface area (Å²) in [7, 11) is 3.46. The molecule has 35 nitrogen and oxygen atoms in total. The maximum atomic E-state index is 14.0. The molecule has 0 aliphatic carbocycles. The number of piperidine rings is 1. The second kappa shape index (κ2) is 39.1. The van der Waals surface area contributed by atoms with Crippen molar-refractivity contribution in [3.05, 3.63) is 123 Å². The van der Waals surface area contributed by atoms with Crippen molar-refractivity contribution in [1.82, 2.24) is 58.7 Å². The number of benzene rings is 3. The third-order valence-electron chi connectivity index (χ3n) is 17.5. The fourth-order valence-electron chi connectivity index (χ4n) is 12.2. The van der Waals surface area contributed by atoms with E-state index in [0.29, 0.717) is 130 Å². The van der Waals surface area contributed by atoms with Gasteiger partial charge >= 0.3 is 0 Å². The summed E-state index contributed by atoms with van der Waals surface area (Å²) < 4.78 is 55.9. The molecule has 8 N–H and O–H groups in total. The second-order valence-electron chi connectivity index (χ2n) is 24.8. The molecule has 570 valence electrons. The Balaban J connectivity index is 0.651. The van der Waals surface area contributed by atoms with E-state index in [1.54, 1.807) is 107 Å². The van der Waals surface area contributed by atoms with Crippen molar-refractivity contribution in [2.45, 2.75) is 98.1 Å². The molecule has 2 aliphatic heterocycles. The van der Waals surface area contributed by atoms with Crippen LogP contribution in [0.15, 0.2) is 76.7 Å². The van der Waals surface area contributed by atoms with Gasteiger partial charge in [0.1, 0.15) is 24.0 Å². The molecule has 35 heteroatoms. The highest BCUT2D eigenvalue weighted by atomic mass is 16.6. The molecule has 0 spiro atoms. The molecule has 106 heavy (non-hydrogen) atoms. The average molecular weight is 1470 g/mol. The fourth-order valence-corrected chi connectivity index (χ4v) is 12.2. The summed E-state index contributed by atoms with van der Waals surface area (Å²) in [6.45, 7) is 13.0. The number of hydrogen-bond acceptors (Lipinski definition) is 21. The van der Waals surface area contributed by atoms with E-state index in [-0.39, 0.29) is 137 Å². The number of nitrogens with two attached hydrogens (primary N) is 2. The van der Waals surface area contributed by atoms with Crippen molar-refractivity contribution in [3.8, 4) is 0 Å². The first-order valence-corrected chi connectivity index (χ1v) is 35.2. The topological polar surface area (TPSA) is 428 Å². The summed E-state index contributed by atoms with van der Waals surface area (Å²) >= 11 is 0. The van der Waals surface area contributed by atoms with E-state index >= 15 is 0 Å². The number of amides is 10. The Kier molecular flexibility index (Phi) is 29.4. The van der Waals surface area contributed by atoms with Crippen molar-refractivity contribution >= 4 is 86.8 Å². The third kappa shape index (κ3) is 21.0. The highest BCUT2D eigenvalue weighted by Gasteiger charge is 2.45. The molecule has 1 unspecified atom stereocenters. The van der Waals surface area contributed by atoms with Crippen LogP contribution >= 0.6 is 0 Å². The number of fused-ring (bicyclic) bond motifs is 3. The van der Waals surface area contributed by atoms with Crippen LogP contribution in [-0.2, 0) is 97.3 Å². The molecule has 3 aromatic carbocycles. The lowest BCUT2D eigenvalue weighted by Crippen LogP contribution is -2.54. The summed E-state index contributed by atoms with van der Waals surface area (Å²) in [4.78, 5) is 139. The number of ether oxygens (including phenoxy) is 8. The maximum absolute atomic E-state index is 14.0. The predicted octanol–water partition coefficient (Wildman–Crippen LogP) is 1.12. The molecule has 6 heterocycles. The number of nitrogens with one attached hydrogen (secondary N) is 4. The number of aromatic nitrogens is 8. The minimum atomic E-state index is -1.05. The number of hydrogen-bond donors (Lipinski definition) is 6. The predicted molar refractivity (Wildman–Crippen MR) is 381 cm³/mol. The van der Waals surface area contributed by atoms with Gasteiger partial charge in [-0.25, -0.2) is 0 Å². The zero-order chi connectivity index (χ0) is 75.8. The van der Waals surface area contributed by atoms with Crippen LogP contribution in [0.3, 0.4) is 0 Å². The SMILES string of the molecule is CCn1nc(C)cc1C(=O)N=c1n(C)c2cc(C(N)=O)ccc2n1CCC(CCn1c(=NC(=O)c2cc(C)nn2CC)n(C)c2cc(C(N)=O)ccc21)OCC(=O)NCCOCCOCCOCCOCCC(=O)NCCOCCOCCOCCNc1cccc2c1C(=O)N(C1CCC(=O)NC1=O)C2=O. The van der Waals surface area contributed by atoms with Gasteiger partial charge in [0.15, 0.2) is 0 Å². The van der Waals surface area contributed by atoms with Gasteiger partial charge in [-0.2, -0.15) is 20.2 Å². The van der Waals surface area contributed by atoms with Crippen molar-refractivity contribution in [3.63, 3.8) is 0 Å². The summed E-state index contributed by atoms with van der Waals surface area (Å²) in [5, 5.41) is 19.8. The fraction of sp³-hybridized carbons (Fsp3) is 0.493. The van der Waals surface area contributed by atoms with E-state index in [9.17, 15) is 47.9 Å². The number of primary amides is 2. The van der Waals surface area contributed by atoms with Crippen LogP contribution < -0.4 is 44.0 Å². The quantitative estimate of drug-likeness (QED) is 0.0230. The zero-order valence-corrected chi connectivity index (χ0v) is 60.5. The molecule has 0 radical (unpaired) electrons. The standard InChI is InChI=1S/C71H93N17O18/c1-7-86-57(40-45(3)80-86)66(95)78-70-82(5)55-42-47(63(72)92)12-14-52(55)84(70)24-18-49(19-25-85-53-15-13-48(64(73)93)43-56(53)83(6)71(85)79-67(96)58-41-46(4)81-87(58)8-2)106-44-61(91)76-23-29-102-33-37-105-39-38-103-34-30-99-26-20-59(89)75-22-28-101-32-36-104-35-31-100-27-21-74-51-11-9-10-50-62(51)69(98)88(68(50)97)54-16-17-60(90)77-65(54)94/h9-15,40-43,49,54,74H,7-8,16-39,44H2,1-6H3,(H2,72,92)(H2,73,93)(H,75,89)(H,76,91)(H,77,90,94). The molecule has 1 fully saturated rings. The summed E-state index contributed by atoms with van der Waals surface area (Å²) in [6.07, 6.45) is 0.135. The Morgan fingerprint density at radius 2 is 1.04 bits per heavy atom. The van der Waals surface area contributed by atoms with Gasteiger partial charge in [-0.3, -0.25) is 67.5 Å². The van der Waals surface area contributed by atoms with Crippen LogP contribution in [0.5, 0.6) is 0 Å². The first kappa shape index (κ1) is 79.7. The van der Waals surface area contributed by atoms with Crippen molar-refractivity contribution in [2.24, 2.45) is 35.5 Å². The summed E-state index contributed by atoms with van der Waals surface area (Å²) in [5.74, 6) is -5.22. The van der Waals surface area contributed by atoms with Crippen LogP contribution in [-0.4, -0.2) is 233 Å². The van der Waals surface area contributed by atoms with Crippen molar-refractivity contribution < 1.29 is 85.8 Å². The lowest BCUT2D eigenvalue weighted by molar-refractivity contribution is -0.136. The number of aryl methyl sites for hydroxylation is 8. The monoisotopic (exact) mass is 1470 g/mol. The zero-order valence-electron chi connectivity index (χ0n) is 60.5. The van der Waals surface area contributed by atoms with Crippen LogP contribution in [0, 0.1) is 13.8 Å². The van der Waals surface area contributed by atoms with Crippen molar-refractivity contribution in [1.29, 1.82) is 0 Å². The van der Waals surface area contributed by atoms with Crippen LogP contribution in [0.1, 0.15) is 120 Å². The number of anilines is 1. The minimum Gasteiger partial charge on any atom is -0.382 e. The normalized spacial score (nSPS) is 14.4. The summed E-state index contributed by atoms with van der Waals surface area (Å²) in [6, 6.07) is 17.1. The first-order valence-electron chi connectivity index (χ1n) is 35.2. The number of imide groups is 2. The van der Waals surface area contributed by atoms with E-state index in [1.807, 2.05) is 23.0 Å². The molecule has 1 atom stereocenters. The molecule has 2 aliphatic rings. The van der Waals surface area contributed by atoms with Gasteiger partial charge in [-0.15, -0.1) is 0 Å². The van der Waals surface area contributed by atoms with Gasteiger partial charge in [0.25, 0.3) is 23.6 Å². The van der Waals surface area contributed by atoms with Gasteiger partial charge in [0.05, 0.1) is 143 Å². The lowest BCUT2D eigenvalue weighted by atomic mass is 10.0. The molecule has 9 rings (SSSR count). The highest BCUT2D eigenvalue weighted by Crippen LogP contribution is 2.32. The molecule has 0 bridgehead atoms. The van der Waals surface area contributed by atoms with Crippen LogP contribution in [0.2, 0.25) is 0 Å². The van der Waals surface area contributed by atoms with Gasteiger partial charge < -0.3 is 83.6 Å². The van der Waals surface area contributed by atoms with Crippen molar-refractivity contribution in [2.75, 3.05) is 124 Å². The molecule has 4 aromatic heterocycles.